The highest BCUT2D eigenvalue weighted by molar-refractivity contribution is 5.89. The topological polar surface area (TPSA) is 53.6 Å². The van der Waals surface area contributed by atoms with E-state index in [1.807, 2.05) is 31.2 Å². The third kappa shape index (κ3) is 3.13. The lowest BCUT2D eigenvalue weighted by atomic mass is 10.1. The Morgan fingerprint density at radius 3 is 2.43 bits per heavy atom. The van der Waals surface area contributed by atoms with Crippen LogP contribution < -0.4 is 5.32 Å². The fraction of sp³-hybridized carbons (Fsp3) is 0.250. The lowest BCUT2D eigenvalue weighted by Crippen LogP contribution is -2.12. The Morgan fingerprint density at radius 2 is 1.83 bits per heavy atom. The zero-order valence-electron chi connectivity index (χ0n) is 12.6. The van der Waals surface area contributed by atoms with E-state index in [4.69, 9.17) is 0 Å². The molecule has 4 nitrogen and oxygen atoms in total. The van der Waals surface area contributed by atoms with Crippen molar-refractivity contribution in [2.45, 2.75) is 26.4 Å². The molecule has 7 heteroatoms. The van der Waals surface area contributed by atoms with Gasteiger partial charge in [-0.05, 0) is 37.1 Å². The minimum absolute atomic E-state index is 0.135. The second-order valence-electron chi connectivity index (χ2n) is 5.28. The molecule has 0 aliphatic heterocycles. The van der Waals surface area contributed by atoms with Crippen molar-refractivity contribution < 1.29 is 13.2 Å². The van der Waals surface area contributed by atoms with Crippen LogP contribution in [0.25, 0.3) is 11.0 Å². The number of anilines is 2. The Kier molecular flexibility index (Phi) is 3.71. The number of aryl methyl sites for hydroxylation is 2. The molecule has 3 aromatic rings. The van der Waals surface area contributed by atoms with Crippen LogP contribution in [-0.4, -0.2) is 15.0 Å². The lowest BCUT2D eigenvalue weighted by molar-refractivity contribution is -0.144. The van der Waals surface area contributed by atoms with Gasteiger partial charge in [0.1, 0.15) is 11.5 Å². The van der Waals surface area contributed by atoms with Gasteiger partial charge in [0.2, 0.25) is 5.82 Å². The van der Waals surface area contributed by atoms with Crippen LogP contribution in [0.5, 0.6) is 0 Å². The van der Waals surface area contributed by atoms with Crippen LogP contribution in [0, 0.1) is 6.92 Å². The SMILES string of the molecule is CCc1ccc(Nc2nc(C(F)(F)F)nc3[nH]c(C)cc23)cc1. The Morgan fingerprint density at radius 1 is 1.13 bits per heavy atom. The predicted octanol–water partition coefficient (Wildman–Crippen LogP) is 4.59. The first kappa shape index (κ1) is 15.3. The van der Waals surface area contributed by atoms with Crippen LogP contribution in [0.3, 0.4) is 0 Å². The Labute approximate surface area is 130 Å². The summed E-state index contributed by atoms with van der Waals surface area (Å²) in [5, 5.41) is 3.48. The summed E-state index contributed by atoms with van der Waals surface area (Å²) >= 11 is 0. The quantitative estimate of drug-likeness (QED) is 0.742. The van der Waals surface area contributed by atoms with E-state index in [1.54, 1.807) is 13.0 Å². The fourth-order valence-corrected chi connectivity index (χ4v) is 2.32. The van der Waals surface area contributed by atoms with Gasteiger partial charge in [-0.15, -0.1) is 0 Å². The maximum Gasteiger partial charge on any atom is 0.451 e. The van der Waals surface area contributed by atoms with Gasteiger partial charge in [-0.1, -0.05) is 19.1 Å². The number of benzene rings is 1. The third-order valence-electron chi connectivity index (χ3n) is 3.50. The van der Waals surface area contributed by atoms with E-state index in [0.717, 1.165) is 17.7 Å². The lowest BCUT2D eigenvalue weighted by Gasteiger charge is -2.11. The summed E-state index contributed by atoms with van der Waals surface area (Å²) in [5.41, 5.74) is 2.71. The molecule has 0 fully saturated rings. The van der Waals surface area contributed by atoms with Gasteiger partial charge in [0, 0.05) is 11.4 Å². The first-order chi connectivity index (χ1) is 10.9. The summed E-state index contributed by atoms with van der Waals surface area (Å²) in [4.78, 5) is 10.0. The smallest absolute Gasteiger partial charge is 0.343 e. The maximum absolute atomic E-state index is 13.0. The van der Waals surface area contributed by atoms with E-state index < -0.39 is 12.0 Å². The van der Waals surface area contributed by atoms with Crippen molar-refractivity contribution in [2.24, 2.45) is 0 Å². The molecule has 0 aliphatic carbocycles. The highest BCUT2D eigenvalue weighted by atomic mass is 19.4. The molecule has 0 radical (unpaired) electrons. The average Bonchev–Trinajstić information content (AvgIpc) is 2.87. The van der Waals surface area contributed by atoms with Crippen LogP contribution in [0.15, 0.2) is 30.3 Å². The molecule has 1 aromatic carbocycles. The predicted molar refractivity (Wildman–Crippen MR) is 82.7 cm³/mol. The fourth-order valence-electron chi connectivity index (χ4n) is 2.32. The summed E-state index contributed by atoms with van der Waals surface area (Å²) in [5.74, 6) is -1.03. The normalized spacial score (nSPS) is 11.9. The van der Waals surface area contributed by atoms with Crippen LogP contribution in [0.1, 0.15) is 24.0 Å². The van der Waals surface area contributed by atoms with Crippen molar-refractivity contribution >= 4 is 22.5 Å². The second kappa shape index (κ2) is 5.57. The summed E-state index contributed by atoms with van der Waals surface area (Å²) in [7, 11) is 0. The van der Waals surface area contributed by atoms with Gasteiger partial charge in [0.15, 0.2) is 0 Å². The number of hydrogen-bond donors (Lipinski definition) is 2. The van der Waals surface area contributed by atoms with E-state index >= 15 is 0 Å². The van der Waals surface area contributed by atoms with Crippen LogP contribution >= 0.6 is 0 Å². The number of halogens is 3. The van der Waals surface area contributed by atoms with Crippen molar-refractivity contribution in [1.82, 2.24) is 15.0 Å². The molecule has 0 unspecified atom stereocenters. The van der Waals surface area contributed by atoms with Crippen molar-refractivity contribution in [3.8, 4) is 0 Å². The Hall–Kier alpha value is -2.57. The number of aromatic amines is 1. The highest BCUT2D eigenvalue weighted by Crippen LogP contribution is 2.31. The monoisotopic (exact) mass is 320 g/mol. The molecule has 3 rings (SSSR count). The minimum Gasteiger partial charge on any atom is -0.343 e. The van der Waals surface area contributed by atoms with Crippen molar-refractivity contribution in [1.29, 1.82) is 0 Å². The molecule has 0 spiro atoms. The Balaban J connectivity index is 2.06. The standard InChI is InChI=1S/C16H15F3N4/c1-3-10-4-6-11(7-5-10)21-14-12-8-9(2)20-13(12)22-15(23-14)16(17,18)19/h4-8H,3H2,1-2H3,(H2,20,21,22,23). The van der Waals surface area contributed by atoms with Gasteiger partial charge in [0.05, 0.1) is 5.39 Å². The maximum atomic E-state index is 13.0. The van der Waals surface area contributed by atoms with E-state index in [1.165, 1.54) is 0 Å². The molecule has 0 atom stereocenters. The van der Waals surface area contributed by atoms with Gasteiger partial charge in [-0.2, -0.15) is 13.2 Å². The molecule has 23 heavy (non-hydrogen) atoms. The Bertz CT molecular complexity index is 835. The molecule has 2 heterocycles. The van der Waals surface area contributed by atoms with Crippen molar-refractivity contribution in [3.05, 3.63) is 47.4 Å². The molecular weight excluding hydrogens is 305 g/mol. The number of H-pyrrole nitrogens is 1. The van der Waals surface area contributed by atoms with Gasteiger partial charge < -0.3 is 10.3 Å². The largest absolute Gasteiger partial charge is 0.451 e. The van der Waals surface area contributed by atoms with Gasteiger partial charge in [-0.25, -0.2) is 9.97 Å². The molecule has 2 aromatic heterocycles. The van der Waals surface area contributed by atoms with Crippen LogP contribution in [-0.2, 0) is 12.6 Å². The van der Waals surface area contributed by atoms with E-state index in [9.17, 15) is 13.2 Å². The molecular formula is C16H15F3N4. The summed E-state index contributed by atoms with van der Waals surface area (Å²) in [6, 6.07) is 9.21. The zero-order chi connectivity index (χ0) is 16.6. The number of alkyl halides is 3. The van der Waals surface area contributed by atoms with Crippen LogP contribution in [0.4, 0.5) is 24.7 Å². The summed E-state index contributed by atoms with van der Waals surface area (Å²) in [6.07, 6.45) is -3.71. The molecule has 0 amide bonds. The average molecular weight is 320 g/mol. The van der Waals surface area contributed by atoms with Crippen molar-refractivity contribution in [3.63, 3.8) is 0 Å². The minimum atomic E-state index is -4.60. The van der Waals surface area contributed by atoms with E-state index in [-0.39, 0.29) is 11.5 Å². The molecule has 0 aliphatic rings. The second-order valence-corrected chi connectivity index (χ2v) is 5.28. The number of fused-ring (bicyclic) bond motifs is 1. The number of nitrogens with one attached hydrogen (secondary N) is 2. The van der Waals surface area contributed by atoms with Gasteiger partial charge >= 0.3 is 6.18 Å². The van der Waals surface area contributed by atoms with E-state index in [2.05, 4.69) is 20.3 Å². The molecule has 120 valence electrons. The number of hydrogen-bond acceptors (Lipinski definition) is 3. The number of rotatable bonds is 3. The third-order valence-corrected chi connectivity index (χ3v) is 3.50. The van der Waals surface area contributed by atoms with E-state index in [0.29, 0.717) is 11.1 Å². The van der Waals surface area contributed by atoms with Gasteiger partial charge in [0.25, 0.3) is 0 Å². The molecule has 0 bridgehead atoms. The first-order valence-corrected chi connectivity index (χ1v) is 7.17. The molecule has 2 N–H and O–H groups in total. The highest BCUT2D eigenvalue weighted by Gasteiger charge is 2.35. The first-order valence-electron chi connectivity index (χ1n) is 7.17. The number of aromatic nitrogens is 3. The molecule has 0 saturated heterocycles. The zero-order valence-corrected chi connectivity index (χ0v) is 12.6. The van der Waals surface area contributed by atoms with Crippen LogP contribution in [0.2, 0.25) is 0 Å². The van der Waals surface area contributed by atoms with Gasteiger partial charge in [-0.3, -0.25) is 0 Å². The number of nitrogens with zero attached hydrogens (tertiary/aromatic N) is 2. The summed E-state index contributed by atoms with van der Waals surface area (Å²) < 4.78 is 38.9. The van der Waals surface area contributed by atoms with Crippen molar-refractivity contribution in [2.75, 3.05) is 5.32 Å². The summed E-state index contributed by atoms with van der Waals surface area (Å²) in [6.45, 7) is 3.79. The molecule has 0 saturated carbocycles.